The number of allylic oxidation sites excluding steroid dienone is 7. The lowest BCUT2D eigenvalue weighted by atomic mass is 10.1. The third-order valence-electron chi connectivity index (χ3n) is 8.44. The predicted octanol–water partition coefficient (Wildman–Crippen LogP) is 10.1. The van der Waals surface area contributed by atoms with E-state index in [2.05, 4.69) is 38.2 Å². The first-order valence-corrected chi connectivity index (χ1v) is 22.0. The Morgan fingerprint density at radius 1 is 0.679 bits per heavy atom. The molecule has 3 atom stereocenters. The van der Waals surface area contributed by atoms with E-state index in [9.17, 15) is 24.2 Å². The quantitative estimate of drug-likeness (QED) is 0.0160. The number of ether oxygens (including phenoxy) is 2. The topological polar surface area (TPSA) is 129 Å². The van der Waals surface area contributed by atoms with Gasteiger partial charge in [-0.3, -0.25) is 18.6 Å². The van der Waals surface area contributed by atoms with Gasteiger partial charge in [-0.05, 0) is 57.8 Å². The van der Waals surface area contributed by atoms with Gasteiger partial charge < -0.3 is 24.0 Å². The second-order valence-corrected chi connectivity index (χ2v) is 16.3. The van der Waals surface area contributed by atoms with Gasteiger partial charge in [0.15, 0.2) is 6.10 Å². The van der Waals surface area contributed by atoms with Crippen LogP contribution in [0.4, 0.5) is 0 Å². The number of unbranched alkanes of at least 4 members (excludes halogenated alkanes) is 13. The van der Waals surface area contributed by atoms with Gasteiger partial charge in [-0.15, -0.1) is 0 Å². The fraction of sp³-hybridized carbons (Fsp3) is 0.762. The molecule has 0 aromatic heterocycles. The standard InChI is InChI=1S/C42H76NO9P/c1-6-8-10-12-14-16-18-19-21-22-24-26-28-31-39(44)32-30-34-41(45)49-37-40(38-51-53(47,48)50-36-35-43(3,4)5)52-42(46)33-29-27-25-23-20-17-15-13-11-9-7-2/h13,15,19,21,24,26,28,31,39-40,44H,6-12,14,16-18,20,22-23,25,27,29-30,32-38H2,1-5H3/p+1/b15-13-,21-19+,26-24+,31-28+/t39?,40-/m1/s1. The summed E-state index contributed by atoms with van der Waals surface area (Å²) in [7, 11) is 1.37. The molecule has 0 saturated heterocycles. The smallest absolute Gasteiger partial charge is 0.462 e. The molecule has 0 aliphatic rings. The van der Waals surface area contributed by atoms with Gasteiger partial charge in [-0.2, -0.15) is 0 Å². The molecule has 2 N–H and O–H groups in total. The minimum atomic E-state index is -4.42. The van der Waals surface area contributed by atoms with Crippen molar-refractivity contribution < 1.29 is 47.2 Å². The van der Waals surface area contributed by atoms with Crippen molar-refractivity contribution in [3.8, 4) is 0 Å². The summed E-state index contributed by atoms with van der Waals surface area (Å²) in [5, 5.41) is 10.3. The number of nitrogens with zero attached hydrogens (tertiary/aromatic N) is 1. The van der Waals surface area contributed by atoms with Crippen LogP contribution >= 0.6 is 7.82 Å². The van der Waals surface area contributed by atoms with Crippen LogP contribution in [0.5, 0.6) is 0 Å². The van der Waals surface area contributed by atoms with Crippen LogP contribution in [0.3, 0.4) is 0 Å². The van der Waals surface area contributed by atoms with Crippen LogP contribution in [0, 0.1) is 0 Å². The Kier molecular flexibility index (Phi) is 33.1. The Morgan fingerprint density at radius 2 is 1.26 bits per heavy atom. The van der Waals surface area contributed by atoms with Crippen molar-refractivity contribution in [2.75, 3.05) is 47.5 Å². The maximum Gasteiger partial charge on any atom is 0.472 e. The van der Waals surface area contributed by atoms with Crippen molar-refractivity contribution in [2.45, 2.75) is 161 Å². The highest BCUT2D eigenvalue weighted by atomic mass is 31.2. The van der Waals surface area contributed by atoms with E-state index >= 15 is 0 Å². The molecule has 11 heteroatoms. The maximum absolute atomic E-state index is 12.6. The van der Waals surface area contributed by atoms with Crippen molar-refractivity contribution in [3.05, 3.63) is 48.6 Å². The first kappa shape index (κ1) is 50.9. The summed E-state index contributed by atoms with van der Waals surface area (Å²) in [4.78, 5) is 35.2. The van der Waals surface area contributed by atoms with Gasteiger partial charge in [0.1, 0.15) is 19.8 Å². The number of esters is 2. The number of quaternary nitrogens is 1. The molecule has 0 fully saturated rings. The largest absolute Gasteiger partial charge is 0.472 e. The number of aliphatic hydroxyl groups excluding tert-OH is 1. The van der Waals surface area contributed by atoms with Crippen LogP contribution in [0.2, 0.25) is 0 Å². The average Bonchev–Trinajstić information content (AvgIpc) is 3.09. The Labute approximate surface area is 323 Å². The van der Waals surface area contributed by atoms with Crippen molar-refractivity contribution in [1.29, 1.82) is 0 Å². The molecule has 2 unspecified atom stereocenters. The van der Waals surface area contributed by atoms with Crippen LogP contribution in [-0.2, 0) is 32.7 Å². The van der Waals surface area contributed by atoms with Crippen molar-refractivity contribution >= 4 is 19.8 Å². The summed E-state index contributed by atoms with van der Waals surface area (Å²) in [5.41, 5.74) is 0. The van der Waals surface area contributed by atoms with Crippen LogP contribution in [0.1, 0.15) is 149 Å². The van der Waals surface area contributed by atoms with E-state index in [1.807, 2.05) is 39.4 Å². The highest BCUT2D eigenvalue weighted by Gasteiger charge is 2.27. The normalized spacial score (nSPS) is 14.8. The number of phosphoric acid groups is 1. The Bertz CT molecular complexity index is 1070. The van der Waals surface area contributed by atoms with E-state index in [-0.39, 0.29) is 26.1 Å². The fourth-order valence-corrected chi connectivity index (χ4v) is 5.86. The summed E-state index contributed by atoms with van der Waals surface area (Å²) in [6, 6.07) is 0. The second-order valence-electron chi connectivity index (χ2n) is 14.9. The van der Waals surface area contributed by atoms with E-state index in [1.54, 1.807) is 6.08 Å². The van der Waals surface area contributed by atoms with Gasteiger partial charge >= 0.3 is 19.8 Å². The van der Waals surface area contributed by atoms with E-state index < -0.39 is 38.6 Å². The lowest BCUT2D eigenvalue weighted by Crippen LogP contribution is -2.37. The van der Waals surface area contributed by atoms with Gasteiger partial charge in [0.25, 0.3) is 0 Å². The van der Waals surface area contributed by atoms with Gasteiger partial charge in [0, 0.05) is 12.8 Å². The zero-order chi connectivity index (χ0) is 39.5. The third kappa shape index (κ3) is 38.0. The number of carbonyl (C=O) groups excluding carboxylic acids is 2. The van der Waals surface area contributed by atoms with E-state index in [1.165, 1.54) is 51.4 Å². The molecule has 10 nitrogen and oxygen atoms in total. The predicted molar refractivity (Wildman–Crippen MR) is 216 cm³/mol. The molecule has 0 rings (SSSR count). The molecule has 308 valence electrons. The number of hydrogen-bond acceptors (Lipinski definition) is 8. The number of hydrogen-bond donors (Lipinski definition) is 2. The Balaban J connectivity index is 4.59. The second kappa shape index (κ2) is 34.4. The lowest BCUT2D eigenvalue weighted by molar-refractivity contribution is -0.870. The highest BCUT2D eigenvalue weighted by Crippen LogP contribution is 2.43. The molecule has 0 saturated carbocycles. The Hall–Kier alpha value is -2.07. The number of carbonyl (C=O) groups is 2. The zero-order valence-electron chi connectivity index (χ0n) is 34.1. The van der Waals surface area contributed by atoms with Crippen molar-refractivity contribution in [1.82, 2.24) is 0 Å². The molecule has 0 heterocycles. The fourth-order valence-electron chi connectivity index (χ4n) is 5.12. The summed E-state index contributed by atoms with van der Waals surface area (Å²) >= 11 is 0. The summed E-state index contributed by atoms with van der Waals surface area (Å²) in [6.07, 6.45) is 34.8. The molecule has 0 bridgehead atoms. The number of phosphoric ester groups is 1. The zero-order valence-corrected chi connectivity index (χ0v) is 35.0. The molecule has 0 aliphatic carbocycles. The molecule has 53 heavy (non-hydrogen) atoms. The number of likely N-dealkylation sites (N-methyl/N-ethyl adjacent to an activating group) is 1. The van der Waals surface area contributed by atoms with Gasteiger partial charge in [-0.25, -0.2) is 4.57 Å². The summed E-state index contributed by atoms with van der Waals surface area (Å²) < 4.78 is 34.0. The minimum absolute atomic E-state index is 0.000108. The molecular weight excluding hydrogens is 693 g/mol. The maximum atomic E-state index is 12.6. The first-order valence-electron chi connectivity index (χ1n) is 20.5. The molecular formula is C42H77NO9P+. The van der Waals surface area contributed by atoms with E-state index in [0.717, 1.165) is 51.4 Å². The van der Waals surface area contributed by atoms with Gasteiger partial charge in [0.2, 0.25) is 0 Å². The number of rotatable bonds is 36. The first-order chi connectivity index (χ1) is 25.4. The third-order valence-corrected chi connectivity index (χ3v) is 9.42. The van der Waals surface area contributed by atoms with Crippen molar-refractivity contribution in [3.63, 3.8) is 0 Å². The molecule has 0 aromatic carbocycles. The summed E-state index contributed by atoms with van der Waals surface area (Å²) in [5.74, 6) is -1.01. The average molecular weight is 771 g/mol. The Morgan fingerprint density at radius 3 is 1.92 bits per heavy atom. The van der Waals surface area contributed by atoms with Crippen LogP contribution in [0.15, 0.2) is 48.6 Å². The highest BCUT2D eigenvalue weighted by molar-refractivity contribution is 7.47. The lowest BCUT2D eigenvalue weighted by Gasteiger charge is -2.24. The van der Waals surface area contributed by atoms with Crippen LogP contribution in [0.25, 0.3) is 0 Å². The van der Waals surface area contributed by atoms with Gasteiger partial charge in [-0.1, -0.05) is 127 Å². The van der Waals surface area contributed by atoms with E-state index in [4.69, 9.17) is 18.5 Å². The number of aliphatic hydroxyl groups is 1. The van der Waals surface area contributed by atoms with Crippen molar-refractivity contribution in [2.24, 2.45) is 0 Å². The molecule has 0 radical (unpaired) electrons. The van der Waals surface area contributed by atoms with Crippen LogP contribution in [-0.4, -0.2) is 86.1 Å². The SMILES string of the molecule is CCCC/C=C\CCCCCCCC(=O)O[C@H](COC(=O)CCCC(O)/C=C/C=C/C/C=C/CCCCCCCC)COP(=O)(O)OCC[N+](C)(C)C. The van der Waals surface area contributed by atoms with Gasteiger partial charge in [0.05, 0.1) is 33.9 Å². The summed E-state index contributed by atoms with van der Waals surface area (Å²) in [6.45, 7) is 4.12. The van der Waals surface area contributed by atoms with Crippen LogP contribution < -0.4 is 0 Å². The molecule has 0 amide bonds. The molecule has 0 aromatic rings. The van der Waals surface area contributed by atoms with E-state index in [0.29, 0.717) is 30.3 Å². The molecule has 0 spiro atoms. The monoisotopic (exact) mass is 771 g/mol. The minimum Gasteiger partial charge on any atom is -0.462 e. The molecule has 0 aliphatic heterocycles.